The molecule has 0 aliphatic heterocycles. The van der Waals surface area contributed by atoms with Gasteiger partial charge in [-0.25, -0.2) is 8.42 Å². The predicted molar refractivity (Wildman–Crippen MR) is 152 cm³/mol. The molecule has 0 heterocycles. The fourth-order valence-corrected chi connectivity index (χ4v) is 5.23. The molecule has 0 unspecified atom stereocenters. The first kappa shape index (κ1) is 31.2. The summed E-state index contributed by atoms with van der Waals surface area (Å²) in [5.41, 5.74) is 1.45. The van der Waals surface area contributed by atoms with Crippen LogP contribution in [-0.2, 0) is 26.2 Å². The topological polar surface area (TPSA) is 86.8 Å². The Bertz CT molecular complexity index is 1250. The third kappa shape index (κ3) is 9.36. The van der Waals surface area contributed by atoms with Gasteiger partial charge in [0, 0.05) is 30.1 Å². The molecule has 0 fully saturated rings. The van der Waals surface area contributed by atoms with Crippen LogP contribution in [0.4, 0.5) is 5.69 Å². The molecule has 0 aliphatic carbocycles. The Labute approximate surface area is 235 Å². The van der Waals surface area contributed by atoms with Gasteiger partial charge in [-0.1, -0.05) is 46.9 Å². The van der Waals surface area contributed by atoms with Crippen LogP contribution in [0.25, 0.3) is 0 Å². The van der Waals surface area contributed by atoms with E-state index in [4.69, 9.17) is 34.8 Å². The zero-order chi connectivity index (χ0) is 28.1. The highest BCUT2D eigenvalue weighted by molar-refractivity contribution is 7.92. The lowest BCUT2D eigenvalue weighted by Gasteiger charge is -2.32. The number of nitrogens with one attached hydrogen (secondary N) is 1. The van der Waals surface area contributed by atoms with Crippen molar-refractivity contribution in [3.05, 3.63) is 62.6 Å². The Morgan fingerprint density at radius 1 is 1.03 bits per heavy atom. The van der Waals surface area contributed by atoms with E-state index in [1.165, 1.54) is 9.21 Å². The molecule has 0 saturated heterocycles. The van der Waals surface area contributed by atoms with Crippen molar-refractivity contribution in [1.29, 1.82) is 0 Å². The van der Waals surface area contributed by atoms with Crippen molar-refractivity contribution >= 4 is 62.3 Å². The number of anilines is 1. The Balaban J connectivity index is 2.25. The summed E-state index contributed by atoms with van der Waals surface area (Å²) < 4.78 is 26.3. The maximum Gasteiger partial charge on any atom is 0.242 e. The molecule has 2 aromatic carbocycles. The van der Waals surface area contributed by atoms with Gasteiger partial charge in [-0.05, 0) is 76.4 Å². The highest BCUT2D eigenvalue weighted by atomic mass is 35.5. The number of sulfonamides is 1. The predicted octanol–water partition coefficient (Wildman–Crippen LogP) is 5.83. The van der Waals surface area contributed by atoms with E-state index in [-0.39, 0.29) is 37.7 Å². The molecule has 11 heteroatoms. The highest BCUT2D eigenvalue weighted by Crippen LogP contribution is 2.27. The molecule has 2 aromatic rings. The summed E-state index contributed by atoms with van der Waals surface area (Å²) >= 11 is 18.3. The van der Waals surface area contributed by atoms with Gasteiger partial charge in [-0.2, -0.15) is 0 Å². The van der Waals surface area contributed by atoms with Crippen molar-refractivity contribution in [2.75, 3.05) is 17.1 Å². The molecule has 7 nitrogen and oxygen atoms in total. The van der Waals surface area contributed by atoms with Gasteiger partial charge in [0.2, 0.25) is 21.8 Å². The van der Waals surface area contributed by atoms with E-state index in [0.717, 1.165) is 11.8 Å². The maximum absolute atomic E-state index is 13.4. The maximum atomic E-state index is 13.4. The Morgan fingerprint density at radius 2 is 1.68 bits per heavy atom. The standard InChI is InChI=1S/C26H34Cl3N3O4S/c1-17-9-11-20(27)15-23(17)32(37(6,35)36)13-7-8-24(33)31(18(2)25(34)30-26(3,4)5)16-19-10-12-21(28)22(29)14-19/h9-12,14-15,18H,7-8,13,16H2,1-6H3,(H,30,34)/t18-/m0/s1. The molecular formula is C26H34Cl3N3O4S. The van der Waals surface area contributed by atoms with Crippen LogP contribution in [0.2, 0.25) is 15.1 Å². The largest absolute Gasteiger partial charge is 0.350 e. The highest BCUT2D eigenvalue weighted by Gasteiger charge is 2.29. The monoisotopic (exact) mass is 589 g/mol. The van der Waals surface area contributed by atoms with Crippen LogP contribution < -0.4 is 9.62 Å². The summed E-state index contributed by atoms with van der Waals surface area (Å²) in [5, 5.41) is 4.06. The lowest BCUT2D eigenvalue weighted by Crippen LogP contribution is -2.52. The summed E-state index contributed by atoms with van der Waals surface area (Å²) in [6, 6.07) is 9.30. The minimum atomic E-state index is -3.62. The second kappa shape index (κ2) is 12.7. The fourth-order valence-electron chi connectivity index (χ4n) is 3.73. The van der Waals surface area contributed by atoms with E-state index in [1.807, 2.05) is 20.8 Å². The summed E-state index contributed by atoms with van der Waals surface area (Å²) in [5.74, 6) is -0.591. The smallest absolute Gasteiger partial charge is 0.242 e. The third-order valence-electron chi connectivity index (χ3n) is 5.59. The summed E-state index contributed by atoms with van der Waals surface area (Å²) in [4.78, 5) is 27.8. The average Bonchev–Trinajstić information content (AvgIpc) is 2.76. The normalized spacial score (nSPS) is 12.7. The summed E-state index contributed by atoms with van der Waals surface area (Å²) in [7, 11) is -3.62. The number of rotatable bonds is 10. The number of hydrogen-bond donors (Lipinski definition) is 1. The van der Waals surface area contributed by atoms with Gasteiger partial charge in [0.05, 0.1) is 22.0 Å². The van der Waals surface area contributed by atoms with Crippen LogP contribution in [-0.4, -0.2) is 49.5 Å². The van der Waals surface area contributed by atoms with Gasteiger partial charge < -0.3 is 10.2 Å². The number of carbonyl (C=O) groups is 2. The zero-order valence-corrected chi connectivity index (χ0v) is 25.0. The van der Waals surface area contributed by atoms with Gasteiger partial charge in [-0.3, -0.25) is 13.9 Å². The molecule has 0 radical (unpaired) electrons. The Kier molecular flexibility index (Phi) is 10.7. The van der Waals surface area contributed by atoms with Gasteiger partial charge in [0.1, 0.15) is 6.04 Å². The lowest BCUT2D eigenvalue weighted by molar-refractivity contribution is -0.141. The molecule has 2 amide bonds. The molecule has 0 bridgehead atoms. The average molecular weight is 591 g/mol. The van der Waals surface area contributed by atoms with Crippen LogP contribution in [0.5, 0.6) is 0 Å². The molecular weight excluding hydrogens is 557 g/mol. The SMILES string of the molecule is Cc1ccc(Cl)cc1N(CCCC(=O)N(Cc1ccc(Cl)c(Cl)c1)[C@@H](C)C(=O)NC(C)(C)C)S(C)(=O)=O. The van der Waals surface area contributed by atoms with E-state index in [0.29, 0.717) is 26.3 Å². The molecule has 37 heavy (non-hydrogen) atoms. The van der Waals surface area contributed by atoms with Crippen molar-refractivity contribution in [2.24, 2.45) is 0 Å². The number of hydrogen-bond acceptors (Lipinski definition) is 4. The second-order valence-electron chi connectivity index (χ2n) is 10.1. The molecule has 0 aliphatic rings. The van der Waals surface area contributed by atoms with Crippen molar-refractivity contribution in [2.45, 2.75) is 65.6 Å². The molecule has 0 spiro atoms. The van der Waals surface area contributed by atoms with Gasteiger partial charge >= 0.3 is 0 Å². The molecule has 204 valence electrons. The number of aryl methyl sites for hydroxylation is 1. The number of nitrogens with zero attached hydrogens (tertiary/aromatic N) is 2. The first-order valence-electron chi connectivity index (χ1n) is 11.8. The Morgan fingerprint density at radius 3 is 2.24 bits per heavy atom. The van der Waals surface area contributed by atoms with E-state index in [1.54, 1.807) is 50.2 Å². The fraction of sp³-hybridized carbons (Fsp3) is 0.462. The van der Waals surface area contributed by atoms with Gasteiger partial charge in [0.25, 0.3) is 0 Å². The van der Waals surface area contributed by atoms with E-state index in [2.05, 4.69) is 5.32 Å². The number of carbonyl (C=O) groups excluding carboxylic acids is 2. The summed E-state index contributed by atoms with van der Waals surface area (Å²) in [6.07, 6.45) is 1.38. The molecule has 1 N–H and O–H groups in total. The van der Waals surface area contributed by atoms with Crippen LogP contribution >= 0.6 is 34.8 Å². The van der Waals surface area contributed by atoms with Gasteiger partial charge in [0.15, 0.2) is 0 Å². The first-order chi connectivity index (χ1) is 17.0. The molecule has 0 saturated carbocycles. The van der Waals surface area contributed by atoms with Crippen LogP contribution in [0.15, 0.2) is 36.4 Å². The van der Waals surface area contributed by atoms with Crippen molar-refractivity contribution in [1.82, 2.24) is 10.2 Å². The second-order valence-corrected chi connectivity index (χ2v) is 13.2. The quantitative estimate of drug-likeness (QED) is 0.377. The van der Waals surface area contributed by atoms with E-state index in [9.17, 15) is 18.0 Å². The number of amides is 2. The Hall–Kier alpha value is -2.00. The van der Waals surface area contributed by atoms with Crippen LogP contribution in [0, 0.1) is 6.92 Å². The molecule has 1 atom stereocenters. The lowest BCUT2D eigenvalue weighted by atomic mass is 10.1. The van der Waals surface area contributed by atoms with Gasteiger partial charge in [-0.15, -0.1) is 0 Å². The molecule has 0 aromatic heterocycles. The van der Waals surface area contributed by atoms with E-state index < -0.39 is 21.6 Å². The third-order valence-corrected chi connectivity index (χ3v) is 7.75. The number of halogens is 3. The van der Waals surface area contributed by atoms with Crippen molar-refractivity contribution in [3.63, 3.8) is 0 Å². The number of benzene rings is 2. The first-order valence-corrected chi connectivity index (χ1v) is 14.8. The van der Waals surface area contributed by atoms with Crippen LogP contribution in [0.3, 0.4) is 0 Å². The molecule has 2 rings (SSSR count). The van der Waals surface area contributed by atoms with Crippen LogP contribution in [0.1, 0.15) is 51.7 Å². The minimum absolute atomic E-state index is 0.0279. The van der Waals surface area contributed by atoms with E-state index >= 15 is 0 Å². The summed E-state index contributed by atoms with van der Waals surface area (Å²) in [6.45, 7) is 9.26. The minimum Gasteiger partial charge on any atom is -0.350 e. The zero-order valence-electron chi connectivity index (χ0n) is 21.9. The van der Waals surface area contributed by atoms with Crippen molar-refractivity contribution < 1.29 is 18.0 Å². The van der Waals surface area contributed by atoms with Crippen molar-refractivity contribution in [3.8, 4) is 0 Å².